The van der Waals surface area contributed by atoms with Crippen LogP contribution in [0.1, 0.15) is 28.4 Å². The second-order valence-corrected chi connectivity index (χ2v) is 4.57. The molecule has 0 aliphatic heterocycles. The number of carbonyl (C=O) groups excluding carboxylic acids is 1. The van der Waals surface area contributed by atoms with Crippen LogP contribution >= 0.6 is 0 Å². The van der Waals surface area contributed by atoms with Crippen molar-refractivity contribution < 1.29 is 9.90 Å². The van der Waals surface area contributed by atoms with Crippen LogP contribution in [-0.4, -0.2) is 42.2 Å². The Labute approximate surface area is 114 Å². The monoisotopic (exact) mass is 260 g/mol. The molecule has 19 heavy (non-hydrogen) atoms. The molecule has 0 heterocycles. The molecule has 0 bridgehead atoms. The molecule has 0 fully saturated rings. The zero-order chi connectivity index (χ0) is 14.4. The van der Waals surface area contributed by atoms with Crippen molar-refractivity contribution in [1.29, 1.82) is 0 Å². The Bertz CT molecular complexity index is 513. The van der Waals surface area contributed by atoms with Crippen molar-refractivity contribution in [2.24, 2.45) is 5.73 Å². The first-order valence-electron chi connectivity index (χ1n) is 6.18. The highest BCUT2D eigenvalue weighted by Crippen LogP contribution is 2.12. The zero-order valence-corrected chi connectivity index (χ0v) is 11.6. The lowest BCUT2D eigenvalue weighted by molar-refractivity contribution is 0.0703. The van der Waals surface area contributed by atoms with Gasteiger partial charge in [-0.05, 0) is 31.5 Å². The lowest BCUT2D eigenvalue weighted by Gasteiger charge is -2.19. The topological polar surface area (TPSA) is 66.6 Å². The van der Waals surface area contributed by atoms with Crippen LogP contribution in [0, 0.1) is 18.8 Å². The fourth-order valence-corrected chi connectivity index (χ4v) is 1.74. The third-order valence-corrected chi connectivity index (χ3v) is 2.69. The lowest BCUT2D eigenvalue weighted by Crippen LogP contribution is -2.33. The molecule has 1 rings (SSSR count). The first-order valence-corrected chi connectivity index (χ1v) is 6.18. The van der Waals surface area contributed by atoms with E-state index in [1.807, 2.05) is 13.0 Å². The average Bonchev–Trinajstić information content (AvgIpc) is 2.36. The number of likely N-dealkylation sites (N-methyl/N-ethyl adjacent to an activating group) is 1. The van der Waals surface area contributed by atoms with E-state index in [4.69, 9.17) is 5.73 Å². The van der Waals surface area contributed by atoms with Gasteiger partial charge < -0.3 is 15.7 Å². The summed E-state index contributed by atoms with van der Waals surface area (Å²) in [7, 11) is 1.67. The van der Waals surface area contributed by atoms with Crippen LogP contribution in [0.2, 0.25) is 0 Å². The Morgan fingerprint density at radius 2 is 2.21 bits per heavy atom. The second kappa shape index (κ2) is 6.93. The van der Waals surface area contributed by atoms with Crippen LogP contribution < -0.4 is 5.73 Å². The number of hydrogen-bond donors (Lipinski definition) is 2. The summed E-state index contributed by atoms with van der Waals surface area (Å²) in [6.07, 6.45) is -0.545. The zero-order valence-electron chi connectivity index (χ0n) is 11.6. The van der Waals surface area contributed by atoms with Crippen molar-refractivity contribution in [2.75, 3.05) is 20.1 Å². The maximum atomic E-state index is 12.2. The van der Waals surface area contributed by atoms with E-state index in [9.17, 15) is 9.90 Å². The number of hydrogen-bond acceptors (Lipinski definition) is 3. The van der Waals surface area contributed by atoms with Crippen molar-refractivity contribution in [3.05, 3.63) is 34.9 Å². The predicted molar refractivity (Wildman–Crippen MR) is 75.8 cm³/mol. The Morgan fingerprint density at radius 3 is 2.79 bits per heavy atom. The van der Waals surface area contributed by atoms with Gasteiger partial charge in [-0.15, -0.1) is 0 Å². The van der Waals surface area contributed by atoms with Crippen LogP contribution in [0.3, 0.4) is 0 Å². The first kappa shape index (κ1) is 15.2. The summed E-state index contributed by atoms with van der Waals surface area (Å²) in [5.74, 6) is 5.61. The Morgan fingerprint density at radius 1 is 1.53 bits per heavy atom. The maximum Gasteiger partial charge on any atom is 0.253 e. The highest BCUT2D eigenvalue weighted by molar-refractivity contribution is 5.94. The Balaban J connectivity index is 2.98. The molecule has 1 atom stereocenters. The lowest BCUT2D eigenvalue weighted by atomic mass is 10.0. The summed E-state index contributed by atoms with van der Waals surface area (Å²) >= 11 is 0. The number of nitrogens with zero attached hydrogens (tertiary/aromatic N) is 1. The van der Waals surface area contributed by atoms with Gasteiger partial charge in [-0.3, -0.25) is 4.79 Å². The highest BCUT2D eigenvalue weighted by Gasteiger charge is 2.14. The number of benzene rings is 1. The number of aliphatic hydroxyl groups excluding tert-OH is 1. The van der Waals surface area contributed by atoms with Crippen molar-refractivity contribution in [1.82, 2.24) is 4.90 Å². The number of aliphatic hydroxyl groups is 1. The van der Waals surface area contributed by atoms with Crippen LogP contribution in [0.5, 0.6) is 0 Å². The second-order valence-electron chi connectivity index (χ2n) is 4.57. The van der Waals surface area contributed by atoms with Gasteiger partial charge in [-0.1, -0.05) is 17.9 Å². The summed E-state index contributed by atoms with van der Waals surface area (Å²) < 4.78 is 0. The van der Waals surface area contributed by atoms with E-state index >= 15 is 0 Å². The van der Waals surface area contributed by atoms with Crippen LogP contribution in [-0.2, 0) is 0 Å². The van der Waals surface area contributed by atoms with Gasteiger partial charge in [-0.25, -0.2) is 0 Å². The van der Waals surface area contributed by atoms with Gasteiger partial charge in [0.1, 0.15) is 0 Å². The van der Waals surface area contributed by atoms with Gasteiger partial charge in [0.05, 0.1) is 12.6 Å². The van der Waals surface area contributed by atoms with E-state index < -0.39 is 6.10 Å². The highest BCUT2D eigenvalue weighted by atomic mass is 16.3. The van der Waals surface area contributed by atoms with Crippen LogP contribution in [0.4, 0.5) is 0 Å². The largest absolute Gasteiger partial charge is 0.392 e. The van der Waals surface area contributed by atoms with Crippen molar-refractivity contribution in [3.63, 3.8) is 0 Å². The molecule has 0 saturated heterocycles. The molecular weight excluding hydrogens is 240 g/mol. The summed E-state index contributed by atoms with van der Waals surface area (Å²) in [4.78, 5) is 13.7. The minimum Gasteiger partial charge on any atom is -0.392 e. The summed E-state index contributed by atoms with van der Waals surface area (Å²) in [6, 6.07) is 5.40. The summed E-state index contributed by atoms with van der Waals surface area (Å²) in [5, 5.41) is 9.30. The molecular formula is C15H20N2O2. The van der Waals surface area contributed by atoms with E-state index in [1.165, 1.54) is 4.90 Å². The van der Waals surface area contributed by atoms with Crippen LogP contribution in [0.25, 0.3) is 0 Å². The van der Waals surface area contributed by atoms with Gasteiger partial charge in [0, 0.05) is 24.7 Å². The van der Waals surface area contributed by atoms with E-state index in [0.29, 0.717) is 18.7 Å². The van der Waals surface area contributed by atoms with Gasteiger partial charge >= 0.3 is 0 Å². The molecule has 0 radical (unpaired) electrons. The predicted octanol–water partition coefficient (Wildman–Crippen LogP) is 0.758. The fraction of sp³-hybridized carbons (Fsp3) is 0.400. The van der Waals surface area contributed by atoms with Crippen molar-refractivity contribution in [2.45, 2.75) is 20.0 Å². The van der Waals surface area contributed by atoms with Crippen molar-refractivity contribution in [3.8, 4) is 11.8 Å². The third-order valence-electron chi connectivity index (χ3n) is 2.69. The van der Waals surface area contributed by atoms with Gasteiger partial charge in [0.25, 0.3) is 5.91 Å². The van der Waals surface area contributed by atoms with Gasteiger partial charge in [-0.2, -0.15) is 0 Å². The molecule has 4 heteroatoms. The van der Waals surface area contributed by atoms with Crippen molar-refractivity contribution >= 4 is 5.91 Å². The molecule has 1 amide bonds. The SMILES string of the molecule is Cc1ccc(C(=O)N(C)CC(C)O)cc1C#CCN. The molecule has 0 aromatic heterocycles. The minimum absolute atomic E-state index is 0.128. The number of carbonyl (C=O) groups is 1. The van der Waals surface area contributed by atoms with E-state index in [-0.39, 0.29) is 5.91 Å². The maximum absolute atomic E-state index is 12.2. The normalized spacial score (nSPS) is 11.4. The molecule has 102 valence electrons. The smallest absolute Gasteiger partial charge is 0.253 e. The average molecular weight is 260 g/mol. The third kappa shape index (κ3) is 4.40. The molecule has 1 unspecified atom stereocenters. The Hall–Kier alpha value is -1.83. The molecule has 3 N–H and O–H groups in total. The van der Waals surface area contributed by atoms with Crippen LogP contribution in [0.15, 0.2) is 18.2 Å². The number of amides is 1. The molecule has 4 nitrogen and oxygen atoms in total. The minimum atomic E-state index is -0.545. The molecule has 0 saturated carbocycles. The van der Waals surface area contributed by atoms with Gasteiger partial charge in [0.15, 0.2) is 0 Å². The summed E-state index contributed by atoms with van der Waals surface area (Å²) in [5.41, 5.74) is 7.73. The number of aryl methyl sites for hydroxylation is 1. The molecule has 0 aliphatic carbocycles. The molecule has 1 aromatic carbocycles. The number of rotatable bonds is 3. The molecule has 0 aliphatic rings. The Kier molecular flexibility index (Phi) is 5.56. The summed E-state index contributed by atoms with van der Waals surface area (Å²) in [6.45, 7) is 4.18. The van der Waals surface area contributed by atoms with Gasteiger partial charge in [0.2, 0.25) is 0 Å². The molecule has 0 spiro atoms. The first-order chi connectivity index (χ1) is 8.95. The van der Waals surface area contributed by atoms with E-state index in [1.54, 1.807) is 26.1 Å². The molecule has 1 aromatic rings. The van der Waals surface area contributed by atoms with E-state index in [2.05, 4.69) is 11.8 Å². The number of nitrogens with two attached hydrogens (primary N) is 1. The van der Waals surface area contributed by atoms with E-state index in [0.717, 1.165) is 11.1 Å². The quantitative estimate of drug-likeness (QED) is 0.788. The fourth-order valence-electron chi connectivity index (χ4n) is 1.74. The standard InChI is InChI=1S/C15H20N2O2/c1-11-6-7-14(9-13(11)5-4-8-16)15(19)17(3)10-12(2)18/h6-7,9,12,18H,8,10,16H2,1-3H3.